The lowest BCUT2D eigenvalue weighted by molar-refractivity contribution is -0.0242. The molecule has 0 spiro atoms. The van der Waals surface area contributed by atoms with Crippen LogP contribution in [0.25, 0.3) is 10.6 Å². The van der Waals surface area contributed by atoms with E-state index in [-0.39, 0.29) is 17.8 Å². The number of halogens is 2. The number of aryl methyl sites for hydroxylation is 1. The number of carbonyl (C=O) groups is 1. The van der Waals surface area contributed by atoms with Crippen molar-refractivity contribution in [1.29, 1.82) is 0 Å². The molecule has 2 aromatic heterocycles. The minimum atomic E-state index is -2.92. The summed E-state index contributed by atoms with van der Waals surface area (Å²) >= 11 is 1.34. The molecule has 1 unspecified atom stereocenters. The van der Waals surface area contributed by atoms with Crippen LogP contribution in [0.2, 0.25) is 0 Å². The van der Waals surface area contributed by atoms with Gasteiger partial charge in [0.15, 0.2) is 6.61 Å². The third-order valence-corrected chi connectivity index (χ3v) is 5.31. The van der Waals surface area contributed by atoms with E-state index in [1.165, 1.54) is 23.6 Å². The van der Waals surface area contributed by atoms with Crippen LogP contribution < -0.4 is 10.1 Å². The lowest BCUT2D eigenvalue weighted by atomic mass is 10.1. The number of benzene rings is 1. The van der Waals surface area contributed by atoms with E-state index in [0.29, 0.717) is 10.6 Å². The Morgan fingerprint density at radius 1 is 1.24 bits per heavy atom. The number of aromatic nitrogens is 2. The van der Waals surface area contributed by atoms with Crippen LogP contribution in [-0.2, 0) is 0 Å². The van der Waals surface area contributed by atoms with Gasteiger partial charge in [0.25, 0.3) is 11.8 Å². The smallest absolute Gasteiger partial charge is 0.278 e. The molecule has 0 aliphatic heterocycles. The summed E-state index contributed by atoms with van der Waals surface area (Å²) in [6.45, 7) is 3.67. The third-order valence-electron chi connectivity index (χ3n) is 4.10. The molecule has 0 aliphatic carbocycles. The number of thiazole rings is 1. The molecule has 0 aliphatic rings. The summed E-state index contributed by atoms with van der Waals surface area (Å²) in [6.07, 6.45) is 1.50. The highest BCUT2D eigenvalue weighted by molar-refractivity contribution is 7.17. The summed E-state index contributed by atoms with van der Waals surface area (Å²) in [7, 11) is 0. The number of pyridine rings is 1. The Morgan fingerprint density at radius 3 is 2.59 bits per heavy atom. The normalized spacial score (nSPS) is 12.4. The number of alkyl halides is 2. The molecule has 3 rings (SSSR count). The van der Waals surface area contributed by atoms with E-state index in [2.05, 4.69) is 15.3 Å². The van der Waals surface area contributed by atoms with Crippen molar-refractivity contribution in [1.82, 2.24) is 15.3 Å². The first-order valence-corrected chi connectivity index (χ1v) is 9.85. The standard InChI is InChI=1S/C21H21F2N3O2S/c1-13(16-9-10-17(24-11-16)28-12-21(3,22)23)25-19(27)18-14(2)26-20(29-18)15-7-5-4-6-8-15/h4-11,13H,12H2,1-3H3,(H,25,27). The zero-order valence-electron chi connectivity index (χ0n) is 16.3. The lowest BCUT2D eigenvalue weighted by Gasteiger charge is -2.15. The maximum atomic E-state index is 12.9. The summed E-state index contributed by atoms with van der Waals surface area (Å²) in [4.78, 5) is 21.8. The molecule has 2 heterocycles. The van der Waals surface area contributed by atoms with Gasteiger partial charge in [0, 0.05) is 24.8 Å². The molecule has 0 fully saturated rings. The van der Waals surface area contributed by atoms with Crippen molar-refractivity contribution < 1.29 is 18.3 Å². The van der Waals surface area contributed by atoms with Crippen molar-refractivity contribution in [2.45, 2.75) is 32.7 Å². The molecule has 0 saturated heterocycles. The van der Waals surface area contributed by atoms with E-state index in [1.54, 1.807) is 13.0 Å². The molecule has 0 radical (unpaired) electrons. The van der Waals surface area contributed by atoms with Gasteiger partial charge >= 0.3 is 0 Å². The molecule has 1 aromatic carbocycles. The molecule has 5 nitrogen and oxygen atoms in total. The maximum absolute atomic E-state index is 12.9. The van der Waals surface area contributed by atoms with Crippen LogP contribution in [0.1, 0.15) is 40.8 Å². The van der Waals surface area contributed by atoms with E-state index >= 15 is 0 Å². The van der Waals surface area contributed by atoms with E-state index in [9.17, 15) is 13.6 Å². The van der Waals surface area contributed by atoms with Gasteiger partial charge in [-0.05, 0) is 19.4 Å². The Kier molecular flexibility index (Phi) is 6.22. The van der Waals surface area contributed by atoms with Gasteiger partial charge in [0.2, 0.25) is 5.88 Å². The van der Waals surface area contributed by atoms with Crippen LogP contribution in [0.15, 0.2) is 48.7 Å². The van der Waals surface area contributed by atoms with Gasteiger partial charge in [-0.1, -0.05) is 36.4 Å². The third kappa shape index (κ3) is 5.57. The highest BCUT2D eigenvalue weighted by Gasteiger charge is 2.22. The number of rotatable bonds is 7. The molecule has 3 aromatic rings. The number of hydrogen-bond acceptors (Lipinski definition) is 5. The van der Waals surface area contributed by atoms with E-state index in [0.717, 1.165) is 23.1 Å². The molecular weight excluding hydrogens is 396 g/mol. The molecule has 8 heteroatoms. The first kappa shape index (κ1) is 20.9. The fourth-order valence-corrected chi connectivity index (χ4v) is 3.57. The van der Waals surface area contributed by atoms with Crippen molar-refractivity contribution in [3.8, 4) is 16.5 Å². The van der Waals surface area contributed by atoms with Crippen molar-refractivity contribution >= 4 is 17.2 Å². The van der Waals surface area contributed by atoms with Gasteiger partial charge in [-0.15, -0.1) is 11.3 Å². The monoisotopic (exact) mass is 417 g/mol. The quantitative estimate of drug-likeness (QED) is 0.585. The van der Waals surface area contributed by atoms with E-state index in [1.807, 2.05) is 37.3 Å². The van der Waals surface area contributed by atoms with Crippen LogP contribution in [0.3, 0.4) is 0 Å². The van der Waals surface area contributed by atoms with Gasteiger partial charge in [-0.3, -0.25) is 4.79 Å². The SMILES string of the molecule is Cc1nc(-c2ccccc2)sc1C(=O)NC(C)c1ccc(OCC(C)(F)F)nc1. The van der Waals surface area contributed by atoms with Crippen LogP contribution in [0.4, 0.5) is 8.78 Å². The van der Waals surface area contributed by atoms with Gasteiger partial charge < -0.3 is 10.1 Å². The fraction of sp³-hybridized carbons (Fsp3) is 0.286. The largest absolute Gasteiger partial charge is 0.471 e. The maximum Gasteiger partial charge on any atom is 0.278 e. The molecule has 0 saturated carbocycles. The van der Waals surface area contributed by atoms with Gasteiger partial charge in [-0.2, -0.15) is 0 Å². The number of nitrogens with zero attached hydrogens (tertiary/aromatic N) is 2. The zero-order chi connectivity index (χ0) is 21.0. The summed E-state index contributed by atoms with van der Waals surface area (Å²) < 4.78 is 30.7. The highest BCUT2D eigenvalue weighted by Crippen LogP contribution is 2.28. The van der Waals surface area contributed by atoms with Crippen LogP contribution >= 0.6 is 11.3 Å². The summed E-state index contributed by atoms with van der Waals surface area (Å²) in [5.41, 5.74) is 2.37. The van der Waals surface area contributed by atoms with Crippen molar-refractivity contribution in [2.75, 3.05) is 6.61 Å². The van der Waals surface area contributed by atoms with Crippen LogP contribution in [0, 0.1) is 6.92 Å². The predicted molar refractivity (Wildman–Crippen MR) is 109 cm³/mol. The second-order valence-electron chi connectivity index (χ2n) is 6.78. The average molecular weight is 417 g/mol. The van der Waals surface area contributed by atoms with Crippen LogP contribution in [0.5, 0.6) is 5.88 Å². The number of hydrogen-bond donors (Lipinski definition) is 1. The van der Waals surface area contributed by atoms with Crippen molar-refractivity contribution in [3.05, 3.63) is 64.8 Å². The van der Waals surface area contributed by atoms with Crippen molar-refractivity contribution in [3.63, 3.8) is 0 Å². The molecule has 0 bridgehead atoms. The van der Waals surface area contributed by atoms with Gasteiger partial charge in [0.05, 0.1) is 11.7 Å². The topological polar surface area (TPSA) is 64.1 Å². The molecule has 29 heavy (non-hydrogen) atoms. The summed E-state index contributed by atoms with van der Waals surface area (Å²) in [5, 5.41) is 3.71. The molecule has 152 valence electrons. The first-order chi connectivity index (χ1) is 13.7. The minimum absolute atomic E-state index is 0.111. The van der Waals surface area contributed by atoms with E-state index < -0.39 is 12.5 Å². The molecule has 1 atom stereocenters. The minimum Gasteiger partial charge on any atom is -0.471 e. The Hall–Kier alpha value is -2.87. The summed E-state index contributed by atoms with van der Waals surface area (Å²) in [5.74, 6) is -3.03. The Balaban J connectivity index is 1.65. The number of nitrogens with one attached hydrogen (secondary N) is 1. The molecule has 1 N–H and O–H groups in total. The van der Waals surface area contributed by atoms with Crippen molar-refractivity contribution in [2.24, 2.45) is 0 Å². The number of amides is 1. The summed E-state index contributed by atoms with van der Waals surface area (Å²) in [6, 6.07) is 12.6. The fourth-order valence-electron chi connectivity index (χ4n) is 2.59. The second kappa shape index (κ2) is 8.65. The molecular formula is C21H21F2N3O2S. The van der Waals surface area contributed by atoms with E-state index in [4.69, 9.17) is 4.74 Å². The predicted octanol–water partition coefficient (Wildman–Crippen LogP) is 5.04. The Morgan fingerprint density at radius 2 is 1.97 bits per heavy atom. The molecule has 1 amide bonds. The Bertz CT molecular complexity index is 970. The average Bonchev–Trinajstić information content (AvgIpc) is 3.09. The van der Waals surface area contributed by atoms with Gasteiger partial charge in [-0.25, -0.2) is 18.7 Å². The Labute approximate surface area is 171 Å². The highest BCUT2D eigenvalue weighted by atomic mass is 32.1. The number of ether oxygens (including phenoxy) is 1. The zero-order valence-corrected chi connectivity index (χ0v) is 17.1. The first-order valence-electron chi connectivity index (χ1n) is 9.03. The van der Waals surface area contributed by atoms with Crippen LogP contribution in [-0.4, -0.2) is 28.4 Å². The lowest BCUT2D eigenvalue weighted by Crippen LogP contribution is -2.26. The van der Waals surface area contributed by atoms with Gasteiger partial charge in [0.1, 0.15) is 9.88 Å². The second-order valence-corrected chi connectivity index (χ2v) is 7.78. The number of carbonyl (C=O) groups excluding carboxylic acids is 1.